The van der Waals surface area contributed by atoms with E-state index in [-0.39, 0.29) is 12.5 Å². The Morgan fingerprint density at radius 1 is 1.30 bits per heavy atom. The number of anilines is 1. The van der Waals surface area contributed by atoms with Crippen molar-refractivity contribution >= 4 is 23.2 Å². The Morgan fingerprint density at radius 3 is 2.85 bits per heavy atom. The van der Waals surface area contributed by atoms with Crippen LogP contribution in [-0.2, 0) is 11.3 Å². The van der Waals surface area contributed by atoms with Crippen LogP contribution in [-0.4, -0.2) is 17.4 Å². The maximum absolute atomic E-state index is 11.7. The highest BCUT2D eigenvalue weighted by atomic mass is 35.5. The highest BCUT2D eigenvalue weighted by Crippen LogP contribution is 2.19. The molecule has 1 aromatic carbocycles. The average molecular weight is 290 g/mol. The van der Waals surface area contributed by atoms with Crippen molar-refractivity contribution in [2.75, 3.05) is 11.9 Å². The van der Waals surface area contributed by atoms with Gasteiger partial charge in [0.05, 0.1) is 18.8 Å². The van der Waals surface area contributed by atoms with Gasteiger partial charge in [-0.05, 0) is 42.8 Å². The number of carbonyl (C=O) groups is 1. The summed E-state index contributed by atoms with van der Waals surface area (Å²) in [5.41, 5.74) is 2.75. The number of nitrogens with zero attached hydrogens (tertiary/aromatic N) is 1. The van der Waals surface area contributed by atoms with Gasteiger partial charge in [-0.1, -0.05) is 17.7 Å². The Hall–Kier alpha value is -2.07. The van der Waals surface area contributed by atoms with Gasteiger partial charge in [-0.15, -0.1) is 0 Å². The summed E-state index contributed by atoms with van der Waals surface area (Å²) in [6.45, 7) is 2.59. The predicted molar refractivity (Wildman–Crippen MR) is 80.8 cm³/mol. The second kappa shape index (κ2) is 6.91. The van der Waals surface area contributed by atoms with E-state index in [4.69, 9.17) is 11.6 Å². The molecule has 2 aromatic rings. The number of halogens is 1. The zero-order valence-electron chi connectivity index (χ0n) is 11.2. The zero-order valence-corrected chi connectivity index (χ0v) is 11.9. The maximum Gasteiger partial charge on any atom is 0.239 e. The van der Waals surface area contributed by atoms with E-state index in [0.717, 1.165) is 16.9 Å². The van der Waals surface area contributed by atoms with Crippen LogP contribution in [0.15, 0.2) is 42.6 Å². The second-order valence-electron chi connectivity index (χ2n) is 4.41. The monoisotopic (exact) mass is 289 g/mol. The molecule has 0 aliphatic rings. The molecule has 0 saturated carbocycles. The lowest BCUT2D eigenvalue weighted by Gasteiger charge is -2.10. The van der Waals surface area contributed by atoms with Crippen LogP contribution in [0.3, 0.4) is 0 Å². The molecule has 0 aliphatic carbocycles. The first-order valence-corrected chi connectivity index (χ1v) is 6.69. The molecular weight excluding hydrogens is 274 g/mol. The quantitative estimate of drug-likeness (QED) is 0.890. The topological polar surface area (TPSA) is 54.0 Å². The number of nitrogens with one attached hydrogen (secondary N) is 2. The fraction of sp³-hybridized carbons (Fsp3) is 0.200. The summed E-state index contributed by atoms with van der Waals surface area (Å²) in [5.74, 6) is -0.0787. The number of pyridine rings is 1. The minimum atomic E-state index is -0.0787. The summed E-state index contributed by atoms with van der Waals surface area (Å²) in [7, 11) is 0. The first-order chi connectivity index (χ1) is 9.65. The standard InChI is InChI=1S/C15H16ClN3O/c1-11-8-12(16)5-6-14(11)18-10-15(20)19-9-13-4-2-3-7-17-13/h2-8,18H,9-10H2,1H3,(H,19,20). The maximum atomic E-state index is 11.7. The summed E-state index contributed by atoms with van der Waals surface area (Å²) < 4.78 is 0. The van der Waals surface area contributed by atoms with Gasteiger partial charge < -0.3 is 10.6 Å². The van der Waals surface area contributed by atoms with Crippen LogP contribution in [0, 0.1) is 6.92 Å². The lowest BCUT2D eigenvalue weighted by molar-refractivity contribution is -0.119. The predicted octanol–water partition coefficient (Wildman–Crippen LogP) is 2.77. The molecule has 0 atom stereocenters. The number of amides is 1. The molecule has 0 unspecified atom stereocenters. The molecule has 0 spiro atoms. The Balaban J connectivity index is 1.80. The van der Waals surface area contributed by atoms with E-state index >= 15 is 0 Å². The normalized spacial score (nSPS) is 10.1. The van der Waals surface area contributed by atoms with Crippen LogP contribution in [0.4, 0.5) is 5.69 Å². The van der Waals surface area contributed by atoms with E-state index in [9.17, 15) is 4.79 Å². The third kappa shape index (κ3) is 4.24. The first-order valence-electron chi connectivity index (χ1n) is 6.32. The molecule has 4 nitrogen and oxygen atoms in total. The van der Waals surface area contributed by atoms with E-state index in [2.05, 4.69) is 15.6 Å². The Labute approximate surface area is 123 Å². The van der Waals surface area contributed by atoms with Crippen LogP contribution in [0.5, 0.6) is 0 Å². The number of benzene rings is 1. The fourth-order valence-electron chi connectivity index (χ4n) is 1.76. The Kier molecular flexibility index (Phi) is 4.96. The van der Waals surface area contributed by atoms with Gasteiger partial charge >= 0.3 is 0 Å². The minimum absolute atomic E-state index is 0.0787. The van der Waals surface area contributed by atoms with Crippen molar-refractivity contribution in [3.05, 3.63) is 58.9 Å². The molecule has 1 amide bonds. The SMILES string of the molecule is Cc1cc(Cl)ccc1NCC(=O)NCc1ccccn1. The lowest BCUT2D eigenvalue weighted by atomic mass is 10.2. The van der Waals surface area contributed by atoms with Gasteiger partial charge in [0.2, 0.25) is 5.91 Å². The van der Waals surface area contributed by atoms with Gasteiger partial charge in [-0.25, -0.2) is 0 Å². The molecule has 0 bridgehead atoms. The van der Waals surface area contributed by atoms with Crippen LogP contribution in [0.2, 0.25) is 5.02 Å². The average Bonchev–Trinajstić information content (AvgIpc) is 2.45. The summed E-state index contributed by atoms with van der Waals surface area (Å²) >= 11 is 5.88. The van der Waals surface area contributed by atoms with Crippen LogP contribution in [0.1, 0.15) is 11.3 Å². The highest BCUT2D eigenvalue weighted by Gasteiger charge is 2.03. The van der Waals surface area contributed by atoms with Gasteiger partial charge in [0.15, 0.2) is 0 Å². The third-order valence-electron chi connectivity index (χ3n) is 2.82. The molecule has 104 valence electrons. The van der Waals surface area contributed by atoms with Crippen molar-refractivity contribution in [2.24, 2.45) is 0 Å². The number of carbonyl (C=O) groups excluding carboxylic acids is 1. The third-order valence-corrected chi connectivity index (χ3v) is 3.06. The number of hydrogen-bond acceptors (Lipinski definition) is 3. The molecule has 1 aromatic heterocycles. The van der Waals surface area contributed by atoms with E-state index in [0.29, 0.717) is 11.6 Å². The van der Waals surface area contributed by atoms with Gasteiger partial charge in [0.1, 0.15) is 0 Å². The minimum Gasteiger partial charge on any atom is -0.376 e. The molecular formula is C15H16ClN3O. The van der Waals surface area contributed by atoms with Gasteiger partial charge in [-0.2, -0.15) is 0 Å². The summed E-state index contributed by atoms with van der Waals surface area (Å²) in [6, 6.07) is 11.1. The lowest BCUT2D eigenvalue weighted by Crippen LogP contribution is -2.29. The molecule has 2 rings (SSSR count). The summed E-state index contributed by atoms with van der Waals surface area (Å²) in [6.07, 6.45) is 1.71. The zero-order chi connectivity index (χ0) is 14.4. The van der Waals surface area contributed by atoms with Gasteiger partial charge in [-0.3, -0.25) is 9.78 Å². The molecule has 5 heteroatoms. The number of hydrogen-bond donors (Lipinski definition) is 2. The molecule has 0 saturated heterocycles. The first kappa shape index (κ1) is 14.3. The highest BCUT2D eigenvalue weighted by molar-refractivity contribution is 6.30. The Bertz CT molecular complexity index is 587. The number of aryl methyl sites for hydroxylation is 1. The smallest absolute Gasteiger partial charge is 0.239 e. The molecule has 0 radical (unpaired) electrons. The molecule has 0 aliphatic heterocycles. The van der Waals surface area contributed by atoms with E-state index in [1.54, 1.807) is 12.3 Å². The number of rotatable bonds is 5. The van der Waals surface area contributed by atoms with Crippen molar-refractivity contribution in [1.29, 1.82) is 0 Å². The molecule has 2 N–H and O–H groups in total. The summed E-state index contributed by atoms with van der Waals surface area (Å²) in [4.78, 5) is 15.9. The van der Waals surface area contributed by atoms with Crippen LogP contribution < -0.4 is 10.6 Å². The van der Waals surface area contributed by atoms with Crippen molar-refractivity contribution in [3.63, 3.8) is 0 Å². The van der Waals surface area contributed by atoms with E-state index < -0.39 is 0 Å². The van der Waals surface area contributed by atoms with Crippen molar-refractivity contribution in [2.45, 2.75) is 13.5 Å². The van der Waals surface area contributed by atoms with Crippen LogP contribution in [0.25, 0.3) is 0 Å². The second-order valence-corrected chi connectivity index (χ2v) is 4.85. The summed E-state index contributed by atoms with van der Waals surface area (Å²) in [5, 5.41) is 6.58. The van der Waals surface area contributed by atoms with Crippen LogP contribution >= 0.6 is 11.6 Å². The van der Waals surface area contributed by atoms with Gasteiger partial charge in [0.25, 0.3) is 0 Å². The Morgan fingerprint density at radius 2 is 2.15 bits per heavy atom. The van der Waals surface area contributed by atoms with Crippen molar-refractivity contribution < 1.29 is 4.79 Å². The van der Waals surface area contributed by atoms with E-state index in [1.807, 2.05) is 37.3 Å². The molecule has 0 fully saturated rings. The van der Waals surface area contributed by atoms with Crippen molar-refractivity contribution in [3.8, 4) is 0 Å². The van der Waals surface area contributed by atoms with Gasteiger partial charge in [0, 0.05) is 16.9 Å². The number of aromatic nitrogens is 1. The fourth-order valence-corrected chi connectivity index (χ4v) is 1.98. The molecule has 20 heavy (non-hydrogen) atoms. The van der Waals surface area contributed by atoms with Crippen molar-refractivity contribution in [1.82, 2.24) is 10.3 Å². The van der Waals surface area contributed by atoms with E-state index in [1.165, 1.54) is 0 Å². The largest absolute Gasteiger partial charge is 0.376 e. The molecule has 1 heterocycles.